The fourth-order valence-electron chi connectivity index (χ4n) is 5.07. The Morgan fingerprint density at radius 2 is 0.953 bits per heavy atom. The summed E-state index contributed by atoms with van der Waals surface area (Å²) in [5.74, 6) is -5.46. The van der Waals surface area contributed by atoms with Gasteiger partial charge in [0.2, 0.25) is 0 Å². The van der Waals surface area contributed by atoms with E-state index in [0.29, 0.717) is 32.6 Å². The van der Waals surface area contributed by atoms with Gasteiger partial charge in [0, 0.05) is 64.9 Å². The second-order valence-electron chi connectivity index (χ2n) is 10.8. The summed E-state index contributed by atoms with van der Waals surface area (Å²) < 4.78 is 0. The van der Waals surface area contributed by atoms with E-state index in [4.69, 9.17) is 0 Å². The van der Waals surface area contributed by atoms with Gasteiger partial charge in [-0.2, -0.15) is 0 Å². The number of aryl methyl sites for hydroxylation is 1. The van der Waals surface area contributed by atoms with Crippen LogP contribution >= 0.6 is 0 Å². The zero-order valence-electron chi connectivity index (χ0n) is 24.5. The van der Waals surface area contributed by atoms with Crippen LogP contribution in [-0.4, -0.2) is 178 Å². The topological polar surface area (TPSA) is 203 Å². The molecule has 0 spiro atoms. The van der Waals surface area contributed by atoms with Crippen molar-refractivity contribution in [1.29, 1.82) is 0 Å². The van der Waals surface area contributed by atoms with Crippen LogP contribution in [0.3, 0.4) is 0 Å². The quantitative estimate of drug-likeness (QED) is 0.159. The smallest absolute Gasteiger partial charge is 0.317 e. The van der Waals surface area contributed by atoms with Crippen LogP contribution in [0.4, 0.5) is 0 Å². The van der Waals surface area contributed by atoms with Crippen LogP contribution in [0.2, 0.25) is 0 Å². The van der Waals surface area contributed by atoms with Crippen molar-refractivity contribution in [3.63, 3.8) is 0 Å². The van der Waals surface area contributed by atoms with Gasteiger partial charge >= 0.3 is 29.8 Å². The van der Waals surface area contributed by atoms with E-state index in [1.54, 1.807) is 14.7 Å². The molecule has 1 fully saturated rings. The molecule has 43 heavy (non-hydrogen) atoms. The third kappa shape index (κ3) is 14.9. The second-order valence-corrected chi connectivity index (χ2v) is 10.8. The van der Waals surface area contributed by atoms with Gasteiger partial charge in [0.15, 0.2) is 0 Å². The first-order valence-electron chi connectivity index (χ1n) is 14.1. The third-order valence-electron chi connectivity index (χ3n) is 7.26. The number of carboxylic acid groups (broad SMARTS) is 5. The minimum absolute atomic E-state index is 0.251. The molecule has 0 radical (unpaired) electrons. The fourth-order valence-corrected chi connectivity index (χ4v) is 5.07. The molecule has 1 aromatic carbocycles. The molecule has 0 aromatic heterocycles. The first-order valence-corrected chi connectivity index (χ1v) is 14.1. The molecule has 240 valence electrons. The number of hydrogen-bond acceptors (Lipinski definition) is 10. The van der Waals surface area contributed by atoms with Gasteiger partial charge in [0.1, 0.15) is 0 Å². The van der Waals surface area contributed by atoms with Gasteiger partial charge in [-0.15, -0.1) is 0 Å². The molecule has 1 unspecified atom stereocenters. The summed E-state index contributed by atoms with van der Waals surface area (Å²) >= 11 is 0. The lowest BCUT2D eigenvalue weighted by Gasteiger charge is -2.37. The van der Waals surface area contributed by atoms with Gasteiger partial charge in [-0.05, 0) is 18.9 Å². The van der Waals surface area contributed by atoms with Crippen molar-refractivity contribution in [2.24, 2.45) is 0 Å². The predicted molar refractivity (Wildman–Crippen MR) is 154 cm³/mol. The number of benzene rings is 1. The lowest BCUT2D eigenvalue weighted by Crippen LogP contribution is -2.53. The SMILES string of the molecule is Cc1ccc(CC(CN2CCN(CC(=O)O)CCN(CC(=O)O)CCN(CC(=O)O)CC2)N(CC(=O)O)CC(=O)O)cc1. The molecule has 1 atom stereocenters. The van der Waals surface area contributed by atoms with E-state index >= 15 is 0 Å². The van der Waals surface area contributed by atoms with Crippen molar-refractivity contribution in [1.82, 2.24) is 24.5 Å². The Balaban J connectivity index is 2.38. The Morgan fingerprint density at radius 1 is 0.605 bits per heavy atom. The number of hydrogen-bond donors (Lipinski definition) is 5. The molecule has 5 N–H and O–H groups in total. The summed E-state index contributed by atoms with van der Waals surface area (Å²) in [5.41, 5.74) is 1.93. The molecule has 0 bridgehead atoms. The molecule has 1 aliphatic rings. The zero-order chi connectivity index (χ0) is 31.9. The minimum Gasteiger partial charge on any atom is -0.480 e. The average molecular weight is 610 g/mol. The van der Waals surface area contributed by atoms with Crippen LogP contribution in [0.25, 0.3) is 0 Å². The minimum atomic E-state index is -1.17. The Hall–Kier alpha value is -3.63. The van der Waals surface area contributed by atoms with Crippen molar-refractivity contribution in [2.75, 3.05) is 91.6 Å². The molecule has 0 saturated carbocycles. The summed E-state index contributed by atoms with van der Waals surface area (Å²) in [6.45, 7) is 2.73. The van der Waals surface area contributed by atoms with E-state index in [9.17, 15) is 49.5 Å². The first-order chi connectivity index (χ1) is 20.3. The van der Waals surface area contributed by atoms with Crippen LogP contribution in [0.15, 0.2) is 24.3 Å². The maximum Gasteiger partial charge on any atom is 0.317 e. The second kappa shape index (κ2) is 18.1. The van der Waals surface area contributed by atoms with Gasteiger partial charge in [-0.3, -0.25) is 48.5 Å². The maximum atomic E-state index is 11.7. The van der Waals surface area contributed by atoms with E-state index < -0.39 is 49.0 Å². The Kier molecular flexibility index (Phi) is 15.0. The highest BCUT2D eigenvalue weighted by molar-refractivity contribution is 5.72. The first kappa shape index (κ1) is 35.6. The Bertz CT molecular complexity index is 1040. The molecule has 1 saturated heterocycles. The third-order valence-corrected chi connectivity index (χ3v) is 7.26. The van der Waals surface area contributed by atoms with Crippen LogP contribution in [-0.2, 0) is 30.4 Å². The summed E-state index contributed by atoms with van der Waals surface area (Å²) in [4.78, 5) is 66.4. The normalized spacial score (nSPS) is 17.5. The summed E-state index contributed by atoms with van der Waals surface area (Å²) in [5, 5.41) is 47.4. The molecule has 0 amide bonds. The Morgan fingerprint density at radius 3 is 1.28 bits per heavy atom. The molecule has 15 nitrogen and oxygen atoms in total. The van der Waals surface area contributed by atoms with Crippen LogP contribution < -0.4 is 0 Å². The van der Waals surface area contributed by atoms with Crippen molar-refractivity contribution in [2.45, 2.75) is 19.4 Å². The van der Waals surface area contributed by atoms with E-state index in [1.807, 2.05) is 36.1 Å². The number of aliphatic carboxylic acids is 5. The summed E-state index contributed by atoms with van der Waals surface area (Å²) in [6.07, 6.45) is 0.360. The highest BCUT2D eigenvalue weighted by Crippen LogP contribution is 2.14. The van der Waals surface area contributed by atoms with Crippen molar-refractivity contribution < 1.29 is 49.5 Å². The zero-order valence-corrected chi connectivity index (χ0v) is 24.5. The lowest BCUT2D eigenvalue weighted by atomic mass is 10.0. The predicted octanol–water partition coefficient (Wildman–Crippen LogP) is -1.15. The number of rotatable bonds is 15. The molecule has 0 aliphatic carbocycles. The maximum absolute atomic E-state index is 11.7. The number of carbonyl (C=O) groups is 5. The fraction of sp³-hybridized carbons (Fsp3) is 0.607. The standard InChI is InChI=1S/C28H43N5O10/c1-21-2-4-22(5-3-21)14-23(33(19-27(40)41)20-28(42)43)15-29-6-8-30(16-24(34)35)10-12-32(18-26(38)39)13-11-31(9-7-29)17-25(36)37/h2-5,23H,6-20H2,1H3,(H,34,35)(H,36,37)(H,38,39)(H,40,41)(H,42,43). The molecule has 1 aromatic rings. The van der Waals surface area contributed by atoms with Gasteiger partial charge < -0.3 is 25.5 Å². The largest absolute Gasteiger partial charge is 0.480 e. The van der Waals surface area contributed by atoms with Crippen molar-refractivity contribution in [3.8, 4) is 0 Å². The van der Waals surface area contributed by atoms with Gasteiger partial charge in [0.05, 0.1) is 32.7 Å². The van der Waals surface area contributed by atoms with E-state index in [1.165, 1.54) is 4.90 Å². The van der Waals surface area contributed by atoms with Gasteiger partial charge in [-0.1, -0.05) is 29.8 Å². The number of carboxylic acids is 5. The average Bonchev–Trinajstić information content (AvgIpc) is 2.89. The number of nitrogens with zero attached hydrogens (tertiary/aromatic N) is 5. The molecule has 2 rings (SSSR count). The van der Waals surface area contributed by atoms with Crippen LogP contribution in [0.5, 0.6) is 0 Å². The molecule has 15 heteroatoms. The summed E-state index contributed by atoms with van der Waals surface area (Å²) in [7, 11) is 0. The highest BCUT2D eigenvalue weighted by Gasteiger charge is 2.27. The van der Waals surface area contributed by atoms with E-state index in [0.717, 1.165) is 11.1 Å². The van der Waals surface area contributed by atoms with Crippen molar-refractivity contribution in [3.05, 3.63) is 35.4 Å². The van der Waals surface area contributed by atoms with E-state index in [-0.39, 0.29) is 52.4 Å². The van der Waals surface area contributed by atoms with Gasteiger partial charge in [-0.25, -0.2) is 0 Å². The molecular weight excluding hydrogens is 566 g/mol. The van der Waals surface area contributed by atoms with Crippen LogP contribution in [0, 0.1) is 6.92 Å². The molecular formula is C28H43N5O10. The Labute approximate surface area is 250 Å². The van der Waals surface area contributed by atoms with Gasteiger partial charge in [0.25, 0.3) is 0 Å². The summed E-state index contributed by atoms with van der Waals surface area (Å²) in [6, 6.07) is 7.12. The highest BCUT2D eigenvalue weighted by atomic mass is 16.4. The monoisotopic (exact) mass is 609 g/mol. The van der Waals surface area contributed by atoms with Crippen LogP contribution in [0.1, 0.15) is 11.1 Å². The molecule has 1 aliphatic heterocycles. The molecule has 1 heterocycles. The van der Waals surface area contributed by atoms with Crippen molar-refractivity contribution >= 4 is 29.8 Å². The lowest BCUT2D eigenvalue weighted by molar-refractivity contribution is -0.143. The van der Waals surface area contributed by atoms with E-state index in [2.05, 4.69) is 0 Å².